The summed E-state index contributed by atoms with van der Waals surface area (Å²) < 4.78 is 15.1. The highest BCUT2D eigenvalue weighted by Crippen LogP contribution is 2.43. The summed E-state index contributed by atoms with van der Waals surface area (Å²) in [6.45, 7) is 2.16. The second-order valence-electron chi connectivity index (χ2n) is 13.8. The molecule has 250 valence electrons. The number of hydrogen-bond acceptors (Lipinski definition) is 3. The molecule has 0 unspecified atom stereocenters. The summed E-state index contributed by atoms with van der Waals surface area (Å²) in [5.41, 5.74) is 13.7. The van der Waals surface area contributed by atoms with E-state index in [0.717, 1.165) is 94.4 Å². The van der Waals surface area contributed by atoms with Gasteiger partial charge < -0.3 is 18.3 Å². The predicted octanol–water partition coefficient (Wildman–Crippen LogP) is 14.0. The minimum atomic E-state index is 0.906. The lowest BCUT2D eigenvalue weighted by Crippen LogP contribution is -2.11. The Morgan fingerprint density at radius 3 is 1.79 bits per heavy atom. The second kappa shape index (κ2) is 11.5. The first-order valence-electron chi connectivity index (χ1n) is 18.0. The fraction of sp³-hybridized carbons (Fsp3) is 0.0204. The van der Waals surface area contributed by atoms with Gasteiger partial charge in [0.1, 0.15) is 22.3 Å². The summed E-state index contributed by atoms with van der Waals surface area (Å²) in [6.07, 6.45) is 0. The summed E-state index contributed by atoms with van der Waals surface area (Å²) >= 11 is 0. The molecule has 0 saturated carbocycles. The van der Waals surface area contributed by atoms with Crippen molar-refractivity contribution in [2.45, 2.75) is 6.92 Å². The average Bonchev–Trinajstić information content (AvgIpc) is 3.88. The van der Waals surface area contributed by atoms with E-state index >= 15 is 0 Å². The van der Waals surface area contributed by atoms with E-state index in [2.05, 4.69) is 168 Å². The topological polar surface area (TPSA) is 34.5 Å². The zero-order chi connectivity index (χ0) is 35.0. The van der Waals surface area contributed by atoms with Gasteiger partial charge in [-0.1, -0.05) is 97.1 Å². The van der Waals surface area contributed by atoms with Crippen LogP contribution in [-0.4, -0.2) is 4.57 Å². The van der Waals surface area contributed by atoms with Gasteiger partial charge in [0, 0.05) is 54.9 Å². The Bertz CT molecular complexity index is 3170. The van der Waals surface area contributed by atoms with Crippen LogP contribution < -0.4 is 4.90 Å². The quantitative estimate of drug-likeness (QED) is 0.181. The monoisotopic (exact) mass is 680 g/mol. The van der Waals surface area contributed by atoms with Gasteiger partial charge in [-0.15, -0.1) is 0 Å². The van der Waals surface area contributed by atoms with Crippen LogP contribution in [0.5, 0.6) is 0 Å². The molecular formula is C49H32N2O2. The van der Waals surface area contributed by atoms with Gasteiger partial charge >= 0.3 is 0 Å². The standard InChI is InChI=1S/C49H32N2O2/c1-31-43(27-26-40-38-16-8-11-19-47(38)53-49(31)40)50(34-12-4-2-5-13-34)36-23-20-32(21-24-36)33-22-25-37-41-30-48-42(39-17-9-10-18-46(39)52-48)29-45(41)51(44(37)28-33)35-14-6-3-7-15-35/h2-30H,1H3. The van der Waals surface area contributed by atoms with Crippen molar-refractivity contribution in [1.82, 2.24) is 4.57 Å². The summed E-state index contributed by atoms with van der Waals surface area (Å²) in [4.78, 5) is 2.32. The number of aryl methyl sites for hydroxylation is 1. The Morgan fingerprint density at radius 2 is 1.02 bits per heavy atom. The molecule has 53 heavy (non-hydrogen) atoms. The number of benzene rings is 8. The van der Waals surface area contributed by atoms with Gasteiger partial charge in [0.05, 0.1) is 16.7 Å². The van der Waals surface area contributed by atoms with Crippen molar-refractivity contribution in [2.24, 2.45) is 0 Å². The minimum Gasteiger partial charge on any atom is -0.456 e. The van der Waals surface area contributed by atoms with Crippen LogP contribution in [0.4, 0.5) is 17.1 Å². The molecule has 0 spiro atoms. The van der Waals surface area contributed by atoms with Crippen molar-refractivity contribution in [1.29, 1.82) is 0 Å². The Kier molecular flexibility index (Phi) is 6.43. The second-order valence-corrected chi connectivity index (χ2v) is 13.8. The van der Waals surface area contributed by atoms with Crippen LogP contribution in [0.25, 0.3) is 82.5 Å². The average molecular weight is 681 g/mol. The van der Waals surface area contributed by atoms with Crippen molar-refractivity contribution < 1.29 is 8.83 Å². The number of furan rings is 2. The molecule has 4 heteroatoms. The molecule has 0 aliphatic rings. The largest absolute Gasteiger partial charge is 0.456 e. The highest BCUT2D eigenvalue weighted by Gasteiger charge is 2.20. The third kappa shape index (κ3) is 4.56. The SMILES string of the molecule is Cc1c(N(c2ccccc2)c2ccc(-c3ccc4c5cc6oc7ccccc7c6cc5n(-c5ccccc5)c4c3)cc2)ccc2c1oc1ccccc12. The first-order chi connectivity index (χ1) is 26.2. The number of para-hydroxylation sites is 4. The molecule has 0 saturated heterocycles. The molecule has 0 fully saturated rings. The molecule has 0 bridgehead atoms. The first-order valence-corrected chi connectivity index (χ1v) is 18.0. The van der Waals surface area contributed by atoms with Crippen molar-refractivity contribution in [2.75, 3.05) is 4.90 Å². The number of fused-ring (bicyclic) bond motifs is 9. The Morgan fingerprint density at radius 1 is 0.415 bits per heavy atom. The third-order valence-corrected chi connectivity index (χ3v) is 10.8. The van der Waals surface area contributed by atoms with Crippen LogP contribution in [0.15, 0.2) is 185 Å². The molecule has 4 nitrogen and oxygen atoms in total. The van der Waals surface area contributed by atoms with Crippen LogP contribution in [0.1, 0.15) is 5.56 Å². The third-order valence-electron chi connectivity index (χ3n) is 10.8. The normalized spacial score (nSPS) is 11.9. The fourth-order valence-electron chi connectivity index (χ4n) is 8.23. The molecule has 3 aromatic heterocycles. The minimum absolute atomic E-state index is 0.906. The Hall–Kier alpha value is -7.04. The predicted molar refractivity (Wildman–Crippen MR) is 220 cm³/mol. The molecule has 0 radical (unpaired) electrons. The van der Waals surface area contributed by atoms with E-state index in [1.165, 1.54) is 10.8 Å². The molecule has 11 aromatic rings. The van der Waals surface area contributed by atoms with Crippen molar-refractivity contribution in [3.05, 3.63) is 181 Å². The van der Waals surface area contributed by atoms with Gasteiger partial charge in [0.25, 0.3) is 0 Å². The van der Waals surface area contributed by atoms with Gasteiger partial charge in [-0.3, -0.25) is 0 Å². The lowest BCUT2D eigenvalue weighted by molar-refractivity contribution is 0.666. The van der Waals surface area contributed by atoms with Crippen molar-refractivity contribution in [3.63, 3.8) is 0 Å². The first kappa shape index (κ1) is 29.7. The molecule has 0 aliphatic heterocycles. The van der Waals surface area contributed by atoms with E-state index in [-0.39, 0.29) is 0 Å². The number of nitrogens with zero attached hydrogens (tertiary/aromatic N) is 2. The summed E-state index contributed by atoms with van der Waals surface area (Å²) in [6, 6.07) is 62.4. The molecule has 8 aromatic carbocycles. The number of anilines is 3. The highest BCUT2D eigenvalue weighted by molar-refractivity contribution is 6.17. The maximum absolute atomic E-state index is 6.42. The number of rotatable bonds is 5. The molecule has 11 rings (SSSR count). The summed E-state index contributed by atoms with van der Waals surface area (Å²) in [5.74, 6) is 0. The summed E-state index contributed by atoms with van der Waals surface area (Å²) in [5, 5.41) is 6.90. The maximum atomic E-state index is 6.42. The Balaban J connectivity index is 1.05. The highest BCUT2D eigenvalue weighted by atomic mass is 16.3. The number of aromatic nitrogens is 1. The molecule has 0 amide bonds. The van der Waals surface area contributed by atoms with Crippen molar-refractivity contribution in [3.8, 4) is 16.8 Å². The number of hydrogen-bond donors (Lipinski definition) is 0. The van der Waals surface area contributed by atoms with Gasteiger partial charge in [0.15, 0.2) is 0 Å². The Labute approximate surface area is 305 Å². The zero-order valence-electron chi connectivity index (χ0n) is 29.0. The van der Waals surface area contributed by atoms with Gasteiger partial charge in [0.2, 0.25) is 0 Å². The lowest BCUT2D eigenvalue weighted by atomic mass is 10.0. The zero-order valence-corrected chi connectivity index (χ0v) is 29.0. The van der Waals surface area contributed by atoms with E-state index in [0.29, 0.717) is 0 Å². The van der Waals surface area contributed by atoms with Gasteiger partial charge in [-0.25, -0.2) is 0 Å². The molecule has 0 aliphatic carbocycles. The van der Waals surface area contributed by atoms with E-state index in [4.69, 9.17) is 8.83 Å². The van der Waals surface area contributed by atoms with Crippen LogP contribution in [0.2, 0.25) is 0 Å². The van der Waals surface area contributed by atoms with Gasteiger partial charge in [-0.2, -0.15) is 0 Å². The molecule has 0 atom stereocenters. The van der Waals surface area contributed by atoms with Crippen LogP contribution in [0.3, 0.4) is 0 Å². The van der Waals surface area contributed by atoms with Crippen LogP contribution in [0, 0.1) is 6.92 Å². The van der Waals surface area contributed by atoms with E-state index in [1.54, 1.807) is 0 Å². The van der Waals surface area contributed by atoms with Crippen molar-refractivity contribution >= 4 is 82.7 Å². The summed E-state index contributed by atoms with van der Waals surface area (Å²) in [7, 11) is 0. The fourth-order valence-corrected chi connectivity index (χ4v) is 8.23. The van der Waals surface area contributed by atoms with Crippen LogP contribution >= 0.6 is 0 Å². The smallest absolute Gasteiger partial charge is 0.140 e. The van der Waals surface area contributed by atoms with Crippen LogP contribution in [-0.2, 0) is 0 Å². The van der Waals surface area contributed by atoms with E-state index in [9.17, 15) is 0 Å². The van der Waals surface area contributed by atoms with E-state index in [1.807, 2.05) is 24.3 Å². The molecule has 0 N–H and O–H groups in total. The van der Waals surface area contributed by atoms with Gasteiger partial charge in [-0.05, 0) is 96.9 Å². The molecular weight excluding hydrogens is 649 g/mol. The molecule has 3 heterocycles. The maximum Gasteiger partial charge on any atom is 0.140 e. The van der Waals surface area contributed by atoms with E-state index < -0.39 is 0 Å². The lowest BCUT2D eigenvalue weighted by Gasteiger charge is -2.27.